The molecule has 0 amide bonds. The van der Waals surface area contributed by atoms with Gasteiger partial charge in [0.1, 0.15) is 5.60 Å². The number of carbonyl (C=O) groups is 1. The molecule has 1 heterocycles. The standard InChI is InChI=1S/C10H16O2/c1-3-4-6-10(2)8-9(11)5-7-12-10/h5,7H,3-4,6,8H2,1-2H3. The number of hydrogen-bond acceptors (Lipinski definition) is 2. The fourth-order valence-corrected chi connectivity index (χ4v) is 1.44. The molecule has 0 spiro atoms. The van der Waals surface area contributed by atoms with Gasteiger partial charge in [0.05, 0.1) is 6.26 Å². The van der Waals surface area contributed by atoms with Crippen LogP contribution in [-0.4, -0.2) is 11.4 Å². The average molecular weight is 168 g/mol. The summed E-state index contributed by atoms with van der Waals surface area (Å²) in [5.74, 6) is 0.180. The van der Waals surface area contributed by atoms with Gasteiger partial charge in [0.15, 0.2) is 5.78 Å². The van der Waals surface area contributed by atoms with Gasteiger partial charge >= 0.3 is 0 Å². The average Bonchev–Trinajstić information content (AvgIpc) is 2.01. The first-order chi connectivity index (χ1) is 5.66. The molecule has 0 aromatic heterocycles. The molecule has 0 aliphatic carbocycles. The van der Waals surface area contributed by atoms with Crippen molar-refractivity contribution < 1.29 is 9.53 Å². The van der Waals surface area contributed by atoms with E-state index in [1.165, 1.54) is 12.3 Å². The summed E-state index contributed by atoms with van der Waals surface area (Å²) in [6.07, 6.45) is 6.81. The Morgan fingerprint density at radius 3 is 3.00 bits per heavy atom. The maximum atomic E-state index is 11.1. The highest BCUT2D eigenvalue weighted by atomic mass is 16.5. The van der Waals surface area contributed by atoms with E-state index in [4.69, 9.17) is 4.74 Å². The van der Waals surface area contributed by atoms with Crippen molar-refractivity contribution in [2.24, 2.45) is 0 Å². The molecule has 0 bridgehead atoms. The Labute approximate surface area is 73.6 Å². The number of rotatable bonds is 3. The zero-order valence-corrected chi connectivity index (χ0v) is 7.80. The molecule has 1 atom stereocenters. The van der Waals surface area contributed by atoms with Gasteiger partial charge in [-0.1, -0.05) is 13.3 Å². The van der Waals surface area contributed by atoms with Crippen LogP contribution in [0.5, 0.6) is 0 Å². The van der Waals surface area contributed by atoms with Gasteiger partial charge in [0.25, 0.3) is 0 Å². The molecular weight excluding hydrogens is 152 g/mol. The molecule has 1 aliphatic heterocycles. The highest BCUT2D eigenvalue weighted by Gasteiger charge is 2.29. The highest BCUT2D eigenvalue weighted by Crippen LogP contribution is 2.26. The molecule has 0 aromatic rings. The van der Waals surface area contributed by atoms with Crippen LogP contribution in [0, 0.1) is 0 Å². The van der Waals surface area contributed by atoms with Gasteiger partial charge in [-0.25, -0.2) is 0 Å². The number of ketones is 1. The van der Waals surface area contributed by atoms with Gasteiger partial charge in [-0.3, -0.25) is 4.79 Å². The Morgan fingerprint density at radius 2 is 2.42 bits per heavy atom. The van der Waals surface area contributed by atoms with Crippen molar-refractivity contribution in [2.75, 3.05) is 0 Å². The van der Waals surface area contributed by atoms with Crippen molar-refractivity contribution in [3.05, 3.63) is 12.3 Å². The van der Waals surface area contributed by atoms with Crippen molar-refractivity contribution >= 4 is 5.78 Å². The quantitative estimate of drug-likeness (QED) is 0.647. The topological polar surface area (TPSA) is 26.3 Å². The van der Waals surface area contributed by atoms with Crippen LogP contribution in [0.2, 0.25) is 0 Å². The maximum Gasteiger partial charge on any atom is 0.162 e. The number of unbranched alkanes of at least 4 members (excludes halogenated alkanes) is 1. The minimum absolute atomic E-state index is 0.180. The van der Waals surface area contributed by atoms with Gasteiger partial charge in [-0.2, -0.15) is 0 Å². The molecule has 1 rings (SSSR count). The third-order valence-electron chi connectivity index (χ3n) is 2.21. The normalized spacial score (nSPS) is 28.7. The minimum atomic E-state index is -0.234. The van der Waals surface area contributed by atoms with Crippen molar-refractivity contribution in [3.8, 4) is 0 Å². The number of ether oxygens (including phenoxy) is 1. The molecule has 1 aliphatic rings. The zero-order valence-electron chi connectivity index (χ0n) is 7.80. The van der Waals surface area contributed by atoms with E-state index in [1.807, 2.05) is 6.92 Å². The summed E-state index contributed by atoms with van der Waals surface area (Å²) in [6, 6.07) is 0. The number of allylic oxidation sites excluding steroid dienone is 1. The molecule has 2 heteroatoms. The molecule has 2 nitrogen and oxygen atoms in total. The van der Waals surface area contributed by atoms with Gasteiger partial charge in [-0.15, -0.1) is 0 Å². The molecule has 0 saturated carbocycles. The van der Waals surface area contributed by atoms with E-state index in [-0.39, 0.29) is 11.4 Å². The summed E-state index contributed by atoms with van der Waals surface area (Å²) in [4.78, 5) is 11.1. The molecule has 12 heavy (non-hydrogen) atoms. The summed E-state index contributed by atoms with van der Waals surface area (Å²) in [5, 5.41) is 0. The van der Waals surface area contributed by atoms with Crippen LogP contribution in [0.25, 0.3) is 0 Å². The third kappa shape index (κ3) is 2.36. The third-order valence-corrected chi connectivity index (χ3v) is 2.21. The molecule has 68 valence electrons. The lowest BCUT2D eigenvalue weighted by atomic mass is 9.91. The predicted molar refractivity (Wildman–Crippen MR) is 47.8 cm³/mol. The van der Waals surface area contributed by atoms with Crippen LogP contribution in [-0.2, 0) is 9.53 Å². The highest BCUT2D eigenvalue weighted by molar-refractivity contribution is 5.90. The van der Waals surface area contributed by atoms with E-state index in [9.17, 15) is 4.79 Å². The lowest BCUT2D eigenvalue weighted by Gasteiger charge is -2.30. The van der Waals surface area contributed by atoms with Crippen molar-refractivity contribution in [1.29, 1.82) is 0 Å². The van der Waals surface area contributed by atoms with E-state index in [1.54, 1.807) is 0 Å². The SMILES string of the molecule is CCCCC1(C)CC(=O)C=CO1. The smallest absolute Gasteiger partial charge is 0.162 e. The van der Waals surface area contributed by atoms with E-state index < -0.39 is 0 Å². The molecule has 0 fully saturated rings. The number of carbonyl (C=O) groups excluding carboxylic acids is 1. The molecule has 0 radical (unpaired) electrons. The van der Waals surface area contributed by atoms with Crippen LogP contribution < -0.4 is 0 Å². The van der Waals surface area contributed by atoms with Crippen LogP contribution in [0.1, 0.15) is 39.5 Å². The number of hydrogen-bond donors (Lipinski definition) is 0. The Balaban J connectivity index is 2.48. The summed E-state index contributed by atoms with van der Waals surface area (Å²) >= 11 is 0. The van der Waals surface area contributed by atoms with E-state index in [0.29, 0.717) is 6.42 Å². The lowest BCUT2D eigenvalue weighted by molar-refractivity contribution is -0.121. The predicted octanol–water partition coefficient (Wildman–Crippen LogP) is 2.44. The summed E-state index contributed by atoms with van der Waals surface area (Å²) in [7, 11) is 0. The second-order valence-corrected chi connectivity index (χ2v) is 3.62. The van der Waals surface area contributed by atoms with Gasteiger partial charge in [-0.05, 0) is 19.8 Å². The van der Waals surface area contributed by atoms with Gasteiger partial charge in [0, 0.05) is 12.5 Å². The van der Waals surface area contributed by atoms with E-state index in [0.717, 1.165) is 19.3 Å². The van der Waals surface area contributed by atoms with Crippen LogP contribution in [0.15, 0.2) is 12.3 Å². The van der Waals surface area contributed by atoms with Crippen LogP contribution >= 0.6 is 0 Å². The summed E-state index contributed by atoms with van der Waals surface area (Å²) < 4.78 is 5.44. The van der Waals surface area contributed by atoms with Crippen molar-refractivity contribution in [1.82, 2.24) is 0 Å². The Morgan fingerprint density at radius 1 is 1.67 bits per heavy atom. The van der Waals surface area contributed by atoms with E-state index >= 15 is 0 Å². The largest absolute Gasteiger partial charge is 0.495 e. The zero-order chi connectivity index (χ0) is 9.03. The second-order valence-electron chi connectivity index (χ2n) is 3.62. The van der Waals surface area contributed by atoms with Gasteiger partial charge < -0.3 is 4.74 Å². The van der Waals surface area contributed by atoms with Gasteiger partial charge in [0.2, 0.25) is 0 Å². The monoisotopic (exact) mass is 168 g/mol. The van der Waals surface area contributed by atoms with Crippen molar-refractivity contribution in [3.63, 3.8) is 0 Å². The second kappa shape index (κ2) is 3.74. The Bertz CT molecular complexity index is 196. The Kier molecular flexibility index (Phi) is 2.90. The minimum Gasteiger partial charge on any atom is -0.495 e. The first-order valence-electron chi connectivity index (χ1n) is 4.53. The molecule has 0 N–H and O–H groups in total. The summed E-state index contributed by atoms with van der Waals surface area (Å²) in [5.41, 5.74) is -0.234. The molecule has 1 unspecified atom stereocenters. The van der Waals surface area contributed by atoms with Crippen LogP contribution in [0.4, 0.5) is 0 Å². The lowest BCUT2D eigenvalue weighted by Crippen LogP contribution is -2.32. The van der Waals surface area contributed by atoms with Crippen LogP contribution in [0.3, 0.4) is 0 Å². The molecule has 0 aromatic carbocycles. The molecule has 0 saturated heterocycles. The Hall–Kier alpha value is -0.790. The maximum absolute atomic E-state index is 11.1. The summed E-state index contributed by atoms with van der Waals surface area (Å²) in [6.45, 7) is 4.15. The van der Waals surface area contributed by atoms with E-state index in [2.05, 4.69) is 6.92 Å². The first kappa shape index (κ1) is 9.30. The van der Waals surface area contributed by atoms with Crippen molar-refractivity contribution in [2.45, 2.75) is 45.1 Å². The first-order valence-corrected chi connectivity index (χ1v) is 4.53. The molecular formula is C10H16O2. The fraction of sp³-hybridized carbons (Fsp3) is 0.700. The fourth-order valence-electron chi connectivity index (χ4n) is 1.44.